The number of fused-ring (bicyclic) bond motifs is 12. The van der Waals surface area contributed by atoms with Crippen LogP contribution in [0.4, 0.5) is 17.3 Å². The van der Waals surface area contributed by atoms with Gasteiger partial charge >= 0.3 is 0 Å². The van der Waals surface area contributed by atoms with Gasteiger partial charge in [-0.15, -0.1) is 0 Å². The van der Waals surface area contributed by atoms with Gasteiger partial charge in [-0.3, -0.25) is 4.90 Å². The molecule has 0 saturated heterocycles. The second-order valence-electron chi connectivity index (χ2n) is 21.3. The predicted octanol–water partition coefficient (Wildman–Crippen LogP) is 15.9. The van der Waals surface area contributed by atoms with Gasteiger partial charge in [0, 0.05) is 44.2 Å². The summed E-state index contributed by atoms with van der Waals surface area (Å²) >= 11 is 0. The maximum Gasteiger partial charge on any atom is 0.238 e. The van der Waals surface area contributed by atoms with Crippen LogP contribution in [0.1, 0.15) is 99.9 Å². The van der Waals surface area contributed by atoms with Crippen molar-refractivity contribution >= 4 is 17.3 Å². The molecule has 67 heavy (non-hydrogen) atoms. The van der Waals surface area contributed by atoms with Gasteiger partial charge in [-0.1, -0.05) is 189 Å². The van der Waals surface area contributed by atoms with Crippen molar-refractivity contribution in [3.05, 3.63) is 214 Å². The van der Waals surface area contributed by atoms with Crippen LogP contribution in [0.15, 0.2) is 170 Å². The molecule has 0 saturated carbocycles. The third-order valence-corrected chi connectivity index (χ3v) is 16.2. The standard InChI is InChI=1S/C63H52N4/c1-60(2)49-21-13-9-17-41(49)45-33-37(25-29-53(45)60)57-64-58(38-26-30-54-46(34-38)42-18-10-14-22-50(42)61(54,3)4)66-59(65-57)67(39-27-31-55-47(35-39)43-19-11-15-23-51(43)62(55,5)6)40-28-32-56-48(36-40)44-20-12-16-24-52(44)63(56,7)8/h9-36H,1-8H3. The second kappa shape index (κ2) is 13.6. The number of anilines is 3. The monoisotopic (exact) mass is 864 g/mol. The van der Waals surface area contributed by atoms with Crippen LogP contribution in [0.3, 0.4) is 0 Å². The summed E-state index contributed by atoms with van der Waals surface area (Å²) in [5.41, 5.74) is 24.1. The van der Waals surface area contributed by atoms with Crippen LogP contribution < -0.4 is 4.90 Å². The molecule has 13 rings (SSSR count). The number of aromatic nitrogens is 3. The Bertz CT molecular complexity index is 3370. The first-order valence-corrected chi connectivity index (χ1v) is 23.8. The van der Waals surface area contributed by atoms with Gasteiger partial charge in [0.05, 0.1) is 0 Å². The molecule has 1 heterocycles. The van der Waals surface area contributed by atoms with Gasteiger partial charge in [-0.25, -0.2) is 4.98 Å². The molecule has 0 aliphatic heterocycles. The van der Waals surface area contributed by atoms with E-state index in [1.54, 1.807) is 0 Å². The summed E-state index contributed by atoms with van der Waals surface area (Å²) < 4.78 is 0. The van der Waals surface area contributed by atoms with E-state index in [0.29, 0.717) is 17.6 Å². The highest BCUT2D eigenvalue weighted by molar-refractivity contribution is 5.90. The highest BCUT2D eigenvalue weighted by Crippen LogP contribution is 2.55. The molecule has 9 aromatic rings. The van der Waals surface area contributed by atoms with Crippen molar-refractivity contribution in [2.75, 3.05) is 4.90 Å². The van der Waals surface area contributed by atoms with Crippen molar-refractivity contribution in [2.24, 2.45) is 0 Å². The van der Waals surface area contributed by atoms with Crippen molar-refractivity contribution in [1.82, 2.24) is 15.0 Å². The molecule has 4 aliphatic carbocycles. The first-order valence-electron chi connectivity index (χ1n) is 23.8. The molecule has 1 aromatic heterocycles. The van der Waals surface area contributed by atoms with E-state index < -0.39 is 0 Å². The van der Waals surface area contributed by atoms with E-state index in [9.17, 15) is 0 Å². The summed E-state index contributed by atoms with van der Waals surface area (Å²) in [7, 11) is 0. The highest BCUT2D eigenvalue weighted by atomic mass is 15.3. The van der Waals surface area contributed by atoms with Crippen molar-refractivity contribution < 1.29 is 0 Å². The third-order valence-electron chi connectivity index (χ3n) is 16.2. The van der Waals surface area contributed by atoms with E-state index in [-0.39, 0.29) is 21.7 Å². The van der Waals surface area contributed by atoms with E-state index in [1.807, 2.05) is 0 Å². The highest BCUT2D eigenvalue weighted by Gasteiger charge is 2.40. The van der Waals surface area contributed by atoms with E-state index in [0.717, 1.165) is 22.5 Å². The van der Waals surface area contributed by atoms with E-state index >= 15 is 0 Å². The lowest BCUT2D eigenvalue weighted by Gasteiger charge is -2.27. The van der Waals surface area contributed by atoms with Crippen LogP contribution in [0.2, 0.25) is 0 Å². The van der Waals surface area contributed by atoms with Crippen LogP contribution in [0.5, 0.6) is 0 Å². The lowest BCUT2D eigenvalue weighted by Crippen LogP contribution is -2.18. The number of benzene rings is 8. The van der Waals surface area contributed by atoms with Crippen LogP contribution >= 0.6 is 0 Å². The quantitative estimate of drug-likeness (QED) is 0.173. The van der Waals surface area contributed by atoms with E-state index in [2.05, 4.69) is 230 Å². The zero-order valence-corrected chi connectivity index (χ0v) is 39.5. The van der Waals surface area contributed by atoms with Gasteiger partial charge in [-0.05, 0) is 125 Å². The molecular formula is C63H52N4. The Balaban J connectivity index is 1.07. The average Bonchev–Trinajstić information content (AvgIpc) is 3.91. The average molecular weight is 865 g/mol. The van der Waals surface area contributed by atoms with Crippen LogP contribution in [0, 0.1) is 0 Å². The zero-order chi connectivity index (χ0) is 45.8. The van der Waals surface area contributed by atoms with Crippen molar-refractivity contribution in [3.8, 4) is 67.3 Å². The van der Waals surface area contributed by atoms with Crippen molar-refractivity contribution in [3.63, 3.8) is 0 Å². The third kappa shape index (κ3) is 5.50. The minimum Gasteiger partial charge on any atom is -0.279 e. The van der Waals surface area contributed by atoms with E-state index in [4.69, 9.17) is 15.0 Å². The molecular weight excluding hydrogens is 813 g/mol. The Kier molecular flexibility index (Phi) is 8.08. The van der Waals surface area contributed by atoms with Gasteiger partial charge < -0.3 is 0 Å². The Morgan fingerprint density at radius 2 is 0.567 bits per heavy atom. The summed E-state index contributed by atoms with van der Waals surface area (Å²) in [5.74, 6) is 1.84. The van der Waals surface area contributed by atoms with Gasteiger partial charge in [-0.2, -0.15) is 9.97 Å². The molecule has 0 amide bonds. The molecule has 0 bridgehead atoms. The first-order chi connectivity index (χ1) is 32.2. The number of hydrogen-bond donors (Lipinski definition) is 0. The van der Waals surface area contributed by atoms with Crippen LogP contribution in [0.25, 0.3) is 67.3 Å². The maximum atomic E-state index is 5.57. The molecule has 324 valence electrons. The van der Waals surface area contributed by atoms with Crippen molar-refractivity contribution in [1.29, 1.82) is 0 Å². The molecule has 8 aromatic carbocycles. The summed E-state index contributed by atoms with van der Waals surface area (Å²) in [6.45, 7) is 18.7. The molecule has 0 spiro atoms. The minimum absolute atomic E-state index is 0.118. The fourth-order valence-electron chi connectivity index (χ4n) is 12.5. The number of nitrogens with zero attached hydrogens (tertiary/aromatic N) is 4. The SMILES string of the molecule is CC1(C)c2ccccc2-c2cc(-c3nc(-c4ccc5c(c4)-c4ccccc4C5(C)C)nc(N(c4ccc5c(c4)-c4ccccc4C5(C)C)c4ccc5c(c4)-c4ccccc4C5(C)C)n3)ccc21. The molecule has 0 unspecified atom stereocenters. The van der Waals surface area contributed by atoms with Gasteiger partial charge in [0.2, 0.25) is 5.95 Å². The van der Waals surface area contributed by atoms with Crippen molar-refractivity contribution in [2.45, 2.75) is 77.0 Å². The molecule has 4 aliphatic rings. The minimum atomic E-state index is -0.132. The Hall–Kier alpha value is -7.43. The fraction of sp³-hybridized carbons (Fsp3) is 0.190. The zero-order valence-electron chi connectivity index (χ0n) is 39.5. The fourth-order valence-corrected chi connectivity index (χ4v) is 12.5. The second-order valence-corrected chi connectivity index (χ2v) is 21.3. The topological polar surface area (TPSA) is 41.9 Å². The van der Waals surface area contributed by atoms with Crippen LogP contribution in [-0.4, -0.2) is 15.0 Å². The lowest BCUT2D eigenvalue weighted by molar-refractivity contribution is 0.660. The van der Waals surface area contributed by atoms with Gasteiger partial charge in [0.15, 0.2) is 11.6 Å². The molecule has 0 radical (unpaired) electrons. The lowest BCUT2D eigenvalue weighted by atomic mass is 9.82. The normalized spacial score (nSPS) is 16.2. The van der Waals surface area contributed by atoms with Gasteiger partial charge in [0.25, 0.3) is 0 Å². The molecule has 0 N–H and O–H groups in total. The van der Waals surface area contributed by atoms with Gasteiger partial charge in [0.1, 0.15) is 0 Å². The summed E-state index contributed by atoms with van der Waals surface area (Å²) in [5, 5.41) is 0. The summed E-state index contributed by atoms with van der Waals surface area (Å²) in [6.07, 6.45) is 0. The molecule has 4 nitrogen and oxygen atoms in total. The molecule has 0 fully saturated rings. The Morgan fingerprint density at radius 1 is 0.284 bits per heavy atom. The Morgan fingerprint density at radius 3 is 0.910 bits per heavy atom. The number of rotatable bonds is 5. The molecule has 4 heteroatoms. The smallest absolute Gasteiger partial charge is 0.238 e. The maximum absolute atomic E-state index is 5.57. The van der Waals surface area contributed by atoms with Crippen LogP contribution in [-0.2, 0) is 21.7 Å². The molecule has 0 atom stereocenters. The summed E-state index contributed by atoms with van der Waals surface area (Å²) in [6, 6.07) is 62.9. The summed E-state index contributed by atoms with van der Waals surface area (Å²) in [4.78, 5) is 18.9. The predicted molar refractivity (Wildman–Crippen MR) is 276 cm³/mol. The van der Waals surface area contributed by atoms with E-state index in [1.165, 1.54) is 89.0 Å². The first kappa shape index (κ1) is 39.9. The number of hydrogen-bond acceptors (Lipinski definition) is 4. The largest absolute Gasteiger partial charge is 0.279 e. The Labute approximate surface area is 394 Å².